The van der Waals surface area contributed by atoms with Crippen molar-refractivity contribution in [3.8, 4) is 5.75 Å². The van der Waals surface area contributed by atoms with Crippen LogP contribution in [-0.2, 0) is 9.59 Å². The number of hydrogen-bond acceptors (Lipinski definition) is 3. The second-order valence-corrected chi connectivity index (χ2v) is 5.80. The Morgan fingerprint density at radius 1 is 1.22 bits per heavy atom. The zero-order valence-electron chi connectivity index (χ0n) is 14.6. The summed E-state index contributed by atoms with van der Waals surface area (Å²) in [5.74, 6) is 0.264. The third-order valence-electron chi connectivity index (χ3n) is 3.30. The van der Waals surface area contributed by atoms with E-state index in [0.29, 0.717) is 18.0 Å². The second kappa shape index (κ2) is 9.87. The summed E-state index contributed by atoms with van der Waals surface area (Å²) in [7, 11) is 0. The van der Waals surface area contributed by atoms with E-state index in [9.17, 15) is 9.59 Å². The van der Waals surface area contributed by atoms with Crippen molar-refractivity contribution in [2.24, 2.45) is 0 Å². The number of ether oxygens (including phenoxy) is 1. The minimum atomic E-state index is -0.187. The van der Waals surface area contributed by atoms with Crippen molar-refractivity contribution in [2.45, 2.75) is 53.1 Å². The molecule has 0 radical (unpaired) electrons. The van der Waals surface area contributed by atoms with Crippen LogP contribution in [0.3, 0.4) is 0 Å². The van der Waals surface area contributed by atoms with E-state index in [1.807, 2.05) is 32.0 Å². The lowest BCUT2D eigenvalue weighted by atomic mass is 10.2. The van der Waals surface area contributed by atoms with Gasteiger partial charge in [-0.2, -0.15) is 0 Å². The molecule has 0 aliphatic rings. The first kappa shape index (κ1) is 19.0. The van der Waals surface area contributed by atoms with Crippen LogP contribution in [0.5, 0.6) is 5.75 Å². The molecule has 1 rings (SSSR count). The molecule has 23 heavy (non-hydrogen) atoms. The lowest BCUT2D eigenvalue weighted by molar-refractivity contribution is -0.123. The first-order chi connectivity index (χ1) is 11.0. The molecule has 0 aromatic heterocycles. The molecule has 0 fully saturated rings. The van der Waals surface area contributed by atoms with E-state index in [0.717, 1.165) is 19.3 Å². The van der Waals surface area contributed by atoms with Crippen molar-refractivity contribution in [2.75, 3.05) is 18.0 Å². The molecule has 0 aliphatic heterocycles. The summed E-state index contributed by atoms with van der Waals surface area (Å²) in [5, 5.41) is 2.86. The molecular formula is C18H28N2O3. The fourth-order valence-electron chi connectivity index (χ4n) is 2.20. The largest absolute Gasteiger partial charge is 0.489 e. The predicted octanol–water partition coefficient (Wildman–Crippen LogP) is 3.13. The number of rotatable bonds is 9. The van der Waals surface area contributed by atoms with Gasteiger partial charge in [-0.05, 0) is 32.4 Å². The SMILES string of the molecule is CCCCCNC(=O)CN(C(C)=O)c1ccccc1OC(C)C. The van der Waals surface area contributed by atoms with Crippen LogP contribution in [0.4, 0.5) is 5.69 Å². The van der Waals surface area contributed by atoms with E-state index in [-0.39, 0.29) is 24.5 Å². The van der Waals surface area contributed by atoms with E-state index in [1.165, 1.54) is 11.8 Å². The number of unbranched alkanes of at least 4 members (excludes halogenated alkanes) is 2. The monoisotopic (exact) mass is 320 g/mol. The van der Waals surface area contributed by atoms with Crippen LogP contribution >= 0.6 is 0 Å². The summed E-state index contributed by atoms with van der Waals surface area (Å²) in [5.41, 5.74) is 0.623. The molecule has 1 aromatic rings. The zero-order valence-corrected chi connectivity index (χ0v) is 14.6. The maximum atomic E-state index is 12.1. The van der Waals surface area contributed by atoms with Gasteiger partial charge in [-0.1, -0.05) is 31.9 Å². The molecule has 0 saturated carbocycles. The van der Waals surface area contributed by atoms with Crippen molar-refractivity contribution in [3.05, 3.63) is 24.3 Å². The van der Waals surface area contributed by atoms with Gasteiger partial charge in [-0.25, -0.2) is 0 Å². The molecule has 5 heteroatoms. The molecule has 0 spiro atoms. The van der Waals surface area contributed by atoms with Crippen LogP contribution in [-0.4, -0.2) is 31.0 Å². The number of amides is 2. The van der Waals surface area contributed by atoms with Crippen LogP contribution in [0, 0.1) is 0 Å². The van der Waals surface area contributed by atoms with E-state index in [2.05, 4.69) is 12.2 Å². The summed E-state index contributed by atoms with van der Waals surface area (Å²) < 4.78 is 5.75. The number of carbonyl (C=O) groups excluding carboxylic acids is 2. The smallest absolute Gasteiger partial charge is 0.240 e. The van der Waals surface area contributed by atoms with Gasteiger partial charge in [0, 0.05) is 13.5 Å². The van der Waals surface area contributed by atoms with E-state index in [1.54, 1.807) is 6.07 Å². The molecule has 128 valence electrons. The Hall–Kier alpha value is -2.04. The number of carbonyl (C=O) groups is 2. The average molecular weight is 320 g/mol. The van der Waals surface area contributed by atoms with E-state index < -0.39 is 0 Å². The molecule has 0 bridgehead atoms. The minimum absolute atomic E-state index is 0.0000725. The first-order valence-electron chi connectivity index (χ1n) is 8.26. The van der Waals surface area contributed by atoms with Crippen LogP contribution in [0.1, 0.15) is 47.0 Å². The number of anilines is 1. The minimum Gasteiger partial charge on any atom is -0.489 e. The second-order valence-electron chi connectivity index (χ2n) is 5.80. The fourth-order valence-corrected chi connectivity index (χ4v) is 2.20. The normalized spacial score (nSPS) is 10.5. The van der Waals surface area contributed by atoms with E-state index in [4.69, 9.17) is 4.74 Å². The summed E-state index contributed by atoms with van der Waals surface area (Å²) in [6.45, 7) is 8.06. The van der Waals surface area contributed by atoms with Crippen molar-refractivity contribution >= 4 is 17.5 Å². The fraction of sp³-hybridized carbons (Fsp3) is 0.556. The third kappa shape index (κ3) is 6.72. The highest BCUT2D eigenvalue weighted by atomic mass is 16.5. The van der Waals surface area contributed by atoms with Crippen LogP contribution in [0.15, 0.2) is 24.3 Å². The Morgan fingerprint density at radius 3 is 2.52 bits per heavy atom. The Balaban J connectivity index is 2.79. The van der Waals surface area contributed by atoms with Crippen LogP contribution in [0.25, 0.3) is 0 Å². The predicted molar refractivity (Wildman–Crippen MR) is 92.8 cm³/mol. The lowest BCUT2D eigenvalue weighted by Crippen LogP contribution is -2.40. The topological polar surface area (TPSA) is 58.6 Å². The molecule has 5 nitrogen and oxygen atoms in total. The van der Waals surface area contributed by atoms with Gasteiger partial charge < -0.3 is 10.1 Å². The highest BCUT2D eigenvalue weighted by molar-refractivity contribution is 5.98. The van der Waals surface area contributed by atoms with E-state index >= 15 is 0 Å². The van der Waals surface area contributed by atoms with Gasteiger partial charge in [0.25, 0.3) is 0 Å². The van der Waals surface area contributed by atoms with Crippen molar-refractivity contribution in [1.29, 1.82) is 0 Å². The van der Waals surface area contributed by atoms with Crippen molar-refractivity contribution < 1.29 is 14.3 Å². The first-order valence-corrected chi connectivity index (χ1v) is 8.26. The van der Waals surface area contributed by atoms with Gasteiger partial charge in [-0.3, -0.25) is 14.5 Å². The Kier molecular flexibility index (Phi) is 8.16. The molecule has 1 aromatic carbocycles. The van der Waals surface area contributed by atoms with Gasteiger partial charge in [0.1, 0.15) is 12.3 Å². The average Bonchev–Trinajstić information content (AvgIpc) is 2.49. The number of nitrogens with zero attached hydrogens (tertiary/aromatic N) is 1. The van der Waals surface area contributed by atoms with Gasteiger partial charge in [0.05, 0.1) is 11.8 Å². The molecule has 0 aliphatic carbocycles. The van der Waals surface area contributed by atoms with Crippen LogP contribution < -0.4 is 15.0 Å². The van der Waals surface area contributed by atoms with Gasteiger partial charge >= 0.3 is 0 Å². The maximum absolute atomic E-state index is 12.1. The highest BCUT2D eigenvalue weighted by Gasteiger charge is 2.19. The number of para-hydroxylation sites is 2. The lowest BCUT2D eigenvalue weighted by Gasteiger charge is -2.24. The zero-order chi connectivity index (χ0) is 17.2. The van der Waals surface area contributed by atoms with Gasteiger partial charge in [0.2, 0.25) is 11.8 Å². The van der Waals surface area contributed by atoms with Gasteiger partial charge in [-0.15, -0.1) is 0 Å². The highest BCUT2D eigenvalue weighted by Crippen LogP contribution is 2.28. The summed E-state index contributed by atoms with van der Waals surface area (Å²) in [4.78, 5) is 25.5. The molecule has 0 heterocycles. The quantitative estimate of drug-likeness (QED) is 0.711. The van der Waals surface area contributed by atoms with Crippen molar-refractivity contribution in [1.82, 2.24) is 5.32 Å². The molecule has 1 N–H and O–H groups in total. The standard InChI is InChI=1S/C18H28N2O3/c1-5-6-9-12-19-18(22)13-20(15(4)21)16-10-7-8-11-17(16)23-14(2)3/h7-8,10-11,14H,5-6,9,12-13H2,1-4H3,(H,19,22). The Morgan fingerprint density at radius 2 is 1.91 bits per heavy atom. The van der Waals surface area contributed by atoms with Crippen LogP contribution in [0.2, 0.25) is 0 Å². The summed E-state index contributed by atoms with van der Waals surface area (Å²) in [6.07, 6.45) is 3.14. The summed E-state index contributed by atoms with van der Waals surface area (Å²) >= 11 is 0. The number of benzene rings is 1. The summed E-state index contributed by atoms with van der Waals surface area (Å²) in [6, 6.07) is 7.29. The molecular weight excluding hydrogens is 292 g/mol. The molecule has 2 amide bonds. The molecule has 0 saturated heterocycles. The number of hydrogen-bond donors (Lipinski definition) is 1. The Labute approximate surface area is 139 Å². The molecule has 0 unspecified atom stereocenters. The van der Waals surface area contributed by atoms with Gasteiger partial charge in [0.15, 0.2) is 0 Å². The number of nitrogens with one attached hydrogen (secondary N) is 1. The molecule has 0 atom stereocenters. The van der Waals surface area contributed by atoms with Crippen molar-refractivity contribution in [3.63, 3.8) is 0 Å². The third-order valence-corrected chi connectivity index (χ3v) is 3.30. The Bertz CT molecular complexity index is 515. The maximum Gasteiger partial charge on any atom is 0.240 e.